The molecule has 1 fully saturated rings. The molecular weight excluding hydrogens is 567 g/mol. The average molecular weight is 590 g/mol. The summed E-state index contributed by atoms with van der Waals surface area (Å²) in [5.74, 6) is -1.13. The summed E-state index contributed by atoms with van der Waals surface area (Å²) < 4.78 is 93.6. The summed E-state index contributed by atoms with van der Waals surface area (Å²) >= 11 is 6.27. The molecule has 40 heavy (non-hydrogen) atoms. The van der Waals surface area contributed by atoms with E-state index in [4.69, 9.17) is 11.6 Å². The van der Waals surface area contributed by atoms with Crippen LogP contribution < -0.4 is 4.90 Å². The van der Waals surface area contributed by atoms with Crippen LogP contribution in [0.1, 0.15) is 27.0 Å². The van der Waals surface area contributed by atoms with Crippen LogP contribution >= 0.6 is 11.6 Å². The Morgan fingerprint density at radius 3 is 2.12 bits per heavy atom. The molecule has 1 aromatic heterocycles. The molecule has 214 valence electrons. The Kier molecular flexibility index (Phi) is 8.27. The van der Waals surface area contributed by atoms with E-state index in [1.54, 1.807) is 0 Å². The Bertz CT molecular complexity index is 1370. The summed E-state index contributed by atoms with van der Waals surface area (Å²) in [6, 6.07) is 4.62. The van der Waals surface area contributed by atoms with Crippen molar-refractivity contribution in [2.75, 3.05) is 45.2 Å². The summed E-state index contributed by atoms with van der Waals surface area (Å²) in [4.78, 5) is 27.3. The number of rotatable bonds is 5. The molecule has 0 atom stereocenters. The topological polar surface area (TPSA) is 52.6 Å². The van der Waals surface area contributed by atoms with Crippen LogP contribution in [0.25, 0.3) is 11.3 Å². The molecule has 1 aliphatic rings. The number of likely N-dealkylation sites (N-methyl/N-ethyl adjacent to an activating group) is 1. The van der Waals surface area contributed by atoms with E-state index in [0.29, 0.717) is 25.2 Å². The number of piperazine rings is 1. The van der Waals surface area contributed by atoms with Crippen LogP contribution in [-0.2, 0) is 18.9 Å². The highest BCUT2D eigenvalue weighted by molar-refractivity contribution is 6.33. The number of halogens is 8. The molecule has 14 heteroatoms. The molecule has 4 rings (SSSR count). The maximum Gasteiger partial charge on any atom is 0.416 e. The third-order valence-electron chi connectivity index (χ3n) is 6.39. The normalized spacial score (nSPS) is 14.9. The molecule has 0 spiro atoms. The number of carbonyl (C=O) groups excluding carboxylic acids is 1. The Balaban J connectivity index is 1.72. The molecule has 0 N–H and O–H groups in total. The molecule has 0 aliphatic carbocycles. The molecule has 0 saturated carbocycles. The highest BCUT2D eigenvalue weighted by Crippen LogP contribution is 2.37. The van der Waals surface area contributed by atoms with Gasteiger partial charge in [-0.15, -0.1) is 0 Å². The van der Waals surface area contributed by atoms with Gasteiger partial charge in [0.25, 0.3) is 5.91 Å². The number of hydrogen-bond donors (Lipinski definition) is 0. The van der Waals surface area contributed by atoms with E-state index in [2.05, 4.69) is 14.9 Å². The fourth-order valence-corrected chi connectivity index (χ4v) is 4.49. The van der Waals surface area contributed by atoms with Gasteiger partial charge in [0.2, 0.25) is 5.95 Å². The van der Waals surface area contributed by atoms with E-state index < -0.39 is 41.7 Å². The molecule has 1 saturated heterocycles. The molecule has 0 radical (unpaired) electrons. The van der Waals surface area contributed by atoms with E-state index in [-0.39, 0.29) is 39.4 Å². The second-order valence-corrected chi connectivity index (χ2v) is 9.83. The van der Waals surface area contributed by atoms with Gasteiger partial charge >= 0.3 is 12.4 Å². The number of alkyl halides is 6. The van der Waals surface area contributed by atoms with Crippen molar-refractivity contribution in [2.24, 2.45) is 0 Å². The van der Waals surface area contributed by atoms with Crippen molar-refractivity contribution in [3.8, 4) is 11.3 Å². The van der Waals surface area contributed by atoms with Crippen molar-refractivity contribution in [1.82, 2.24) is 19.8 Å². The average Bonchev–Trinajstić information content (AvgIpc) is 2.87. The standard InChI is InChI=1S/C26H23ClF7N5O/c1-37-5-7-39(8-6-37)24-35-13-20(22(36-24)19-4-3-18(28)12-21(19)27)23(40)38(2)14-15-9-16(25(29,30)31)11-17(10-15)26(32,33)34/h3-4,9-13H,5-8,14H2,1-2H3. The predicted molar refractivity (Wildman–Crippen MR) is 134 cm³/mol. The number of carbonyl (C=O) groups is 1. The number of nitrogens with zero attached hydrogens (tertiary/aromatic N) is 5. The third-order valence-corrected chi connectivity index (χ3v) is 6.71. The van der Waals surface area contributed by atoms with E-state index in [1.165, 1.54) is 19.3 Å². The lowest BCUT2D eigenvalue weighted by molar-refractivity contribution is -0.143. The van der Waals surface area contributed by atoms with Crippen molar-refractivity contribution in [3.63, 3.8) is 0 Å². The Morgan fingerprint density at radius 2 is 1.57 bits per heavy atom. The minimum Gasteiger partial charge on any atom is -0.338 e. The molecule has 0 unspecified atom stereocenters. The lowest BCUT2D eigenvalue weighted by atomic mass is 10.0. The molecule has 2 heterocycles. The molecule has 1 aliphatic heterocycles. The van der Waals surface area contributed by atoms with Crippen molar-refractivity contribution < 1.29 is 35.5 Å². The number of amides is 1. The van der Waals surface area contributed by atoms with Crippen molar-refractivity contribution >= 4 is 23.5 Å². The smallest absolute Gasteiger partial charge is 0.338 e. The van der Waals surface area contributed by atoms with Gasteiger partial charge in [-0.25, -0.2) is 14.4 Å². The maximum atomic E-state index is 13.8. The summed E-state index contributed by atoms with van der Waals surface area (Å²) in [6.45, 7) is 2.07. The van der Waals surface area contributed by atoms with Crippen molar-refractivity contribution in [2.45, 2.75) is 18.9 Å². The van der Waals surface area contributed by atoms with Crippen LogP contribution in [0.3, 0.4) is 0 Å². The molecule has 2 aromatic carbocycles. The molecule has 1 amide bonds. The molecule has 0 bridgehead atoms. The quantitative estimate of drug-likeness (QED) is 0.342. The maximum absolute atomic E-state index is 13.8. The highest BCUT2D eigenvalue weighted by atomic mass is 35.5. The van der Waals surface area contributed by atoms with Gasteiger partial charge in [-0.1, -0.05) is 11.6 Å². The van der Waals surface area contributed by atoms with E-state index in [0.717, 1.165) is 30.1 Å². The van der Waals surface area contributed by atoms with Gasteiger partial charge < -0.3 is 14.7 Å². The SMILES string of the molecule is CN1CCN(c2ncc(C(=O)N(C)Cc3cc(C(F)(F)F)cc(C(F)(F)F)c3)c(-c3ccc(F)cc3Cl)n2)CC1. The minimum atomic E-state index is -5.03. The predicted octanol–water partition coefficient (Wildman–Crippen LogP) is 6.00. The Labute approximate surface area is 230 Å². The van der Waals surface area contributed by atoms with E-state index in [1.807, 2.05) is 11.9 Å². The van der Waals surface area contributed by atoms with Crippen LogP contribution in [-0.4, -0.2) is 65.9 Å². The first-order valence-electron chi connectivity index (χ1n) is 11.9. The first kappa shape index (κ1) is 29.5. The van der Waals surface area contributed by atoms with Gasteiger partial charge in [0.05, 0.1) is 27.4 Å². The van der Waals surface area contributed by atoms with Crippen LogP contribution in [0.15, 0.2) is 42.6 Å². The van der Waals surface area contributed by atoms with Crippen LogP contribution in [0.4, 0.5) is 36.7 Å². The lowest BCUT2D eigenvalue weighted by Gasteiger charge is -2.32. The molecule has 3 aromatic rings. The van der Waals surface area contributed by atoms with Gasteiger partial charge in [0, 0.05) is 51.5 Å². The monoisotopic (exact) mass is 589 g/mol. The van der Waals surface area contributed by atoms with Crippen molar-refractivity contribution in [3.05, 3.63) is 75.7 Å². The van der Waals surface area contributed by atoms with Gasteiger partial charge in [-0.2, -0.15) is 26.3 Å². The summed E-state index contributed by atoms with van der Waals surface area (Å²) in [5, 5.41) is -0.0487. The Hall–Kier alpha value is -3.45. The minimum absolute atomic E-state index is 0.0187. The number of anilines is 1. The molecule has 6 nitrogen and oxygen atoms in total. The lowest BCUT2D eigenvalue weighted by Crippen LogP contribution is -2.45. The third kappa shape index (κ3) is 6.64. The fourth-order valence-electron chi connectivity index (χ4n) is 4.24. The second-order valence-electron chi connectivity index (χ2n) is 9.42. The highest BCUT2D eigenvalue weighted by Gasteiger charge is 2.37. The zero-order valence-electron chi connectivity index (χ0n) is 21.2. The van der Waals surface area contributed by atoms with Gasteiger partial charge in [-0.05, 0) is 49.0 Å². The largest absolute Gasteiger partial charge is 0.416 e. The first-order chi connectivity index (χ1) is 18.6. The zero-order chi connectivity index (χ0) is 29.4. The van der Waals surface area contributed by atoms with Crippen LogP contribution in [0.5, 0.6) is 0 Å². The number of benzene rings is 2. The second kappa shape index (κ2) is 11.2. The first-order valence-corrected chi connectivity index (χ1v) is 12.3. The van der Waals surface area contributed by atoms with Gasteiger partial charge in [-0.3, -0.25) is 4.79 Å². The number of hydrogen-bond acceptors (Lipinski definition) is 5. The van der Waals surface area contributed by atoms with E-state index >= 15 is 0 Å². The summed E-state index contributed by atoms with van der Waals surface area (Å²) in [6.07, 6.45) is -8.84. The van der Waals surface area contributed by atoms with Gasteiger partial charge in [0.15, 0.2) is 0 Å². The Morgan fingerprint density at radius 1 is 0.975 bits per heavy atom. The van der Waals surface area contributed by atoms with E-state index in [9.17, 15) is 35.5 Å². The van der Waals surface area contributed by atoms with Crippen molar-refractivity contribution in [1.29, 1.82) is 0 Å². The van der Waals surface area contributed by atoms with Gasteiger partial charge in [0.1, 0.15) is 5.82 Å². The van der Waals surface area contributed by atoms with Crippen LogP contribution in [0, 0.1) is 5.82 Å². The summed E-state index contributed by atoms with van der Waals surface area (Å²) in [7, 11) is 3.18. The van der Waals surface area contributed by atoms with Crippen LogP contribution in [0.2, 0.25) is 5.02 Å². The fraction of sp³-hybridized carbons (Fsp3) is 0.346. The molecular formula is C26H23ClF7N5O. The summed E-state index contributed by atoms with van der Waals surface area (Å²) in [5.41, 5.74) is -3.22. The number of aromatic nitrogens is 2. The zero-order valence-corrected chi connectivity index (χ0v) is 22.0.